The van der Waals surface area contributed by atoms with E-state index in [0.717, 1.165) is 18.4 Å². The molecular weight excluding hydrogens is 379 g/mol. The number of aromatic hydroxyl groups is 2. The number of nitrogens with two attached hydrogens (primary N) is 1. The number of carbonyl (C=O) groups excluding carboxylic acids is 1. The molecule has 1 aromatic heterocycles. The highest BCUT2D eigenvalue weighted by Crippen LogP contribution is 2.28. The Morgan fingerprint density at radius 2 is 1.93 bits per heavy atom. The number of nitrogens with one attached hydrogen (secondary N) is 1. The van der Waals surface area contributed by atoms with Gasteiger partial charge in [0.15, 0.2) is 21.4 Å². The van der Waals surface area contributed by atoms with Gasteiger partial charge in [0.1, 0.15) is 5.82 Å². The SMILES string of the molecule is CC(C)(N)c1nc(O)c(O)c(C(=O)NCc2ccc(F)cc2S(C)(=O)=O)n1. The number of hydrogen-bond donors (Lipinski definition) is 4. The molecule has 1 amide bonds. The van der Waals surface area contributed by atoms with Crippen LogP contribution in [0.1, 0.15) is 35.7 Å². The lowest BCUT2D eigenvalue weighted by Crippen LogP contribution is -2.33. The monoisotopic (exact) mass is 398 g/mol. The van der Waals surface area contributed by atoms with Crippen molar-refractivity contribution in [2.75, 3.05) is 6.26 Å². The first-order valence-corrected chi connectivity index (χ1v) is 9.56. The molecule has 9 nitrogen and oxygen atoms in total. The van der Waals surface area contributed by atoms with Crippen molar-refractivity contribution in [1.82, 2.24) is 15.3 Å². The molecule has 0 atom stereocenters. The Morgan fingerprint density at radius 1 is 1.30 bits per heavy atom. The van der Waals surface area contributed by atoms with Crippen LogP contribution in [-0.2, 0) is 21.9 Å². The van der Waals surface area contributed by atoms with Crippen LogP contribution in [0.4, 0.5) is 4.39 Å². The number of rotatable bonds is 5. The van der Waals surface area contributed by atoms with Crippen LogP contribution in [-0.4, -0.2) is 40.8 Å². The van der Waals surface area contributed by atoms with Crippen LogP contribution < -0.4 is 11.1 Å². The van der Waals surface area contributed by atoms with Gasteiger partial charge in [-0.1, -0.05) is 6.07 Å². The third kappa shape index (κ3) is 4.68. The number of carbonyl (C=O) groups is 1. The van der Waals surface area contributed by atoms with Crippen LogP contribution in [0.15, 0.2) is 23.1 Å². The zero-order valence-electron chi connectivity index (χ0n) is 14.8. The van der Waals surface area contributed by atoms with Crippen LogP contribution in [0, 0.1) is 5.82 Å². The lowest BCUT2D eigenvalue weighted by molar-refractivity contribution is 0.0940. The fourth-order valence-corrected chi connectivity index (χ4v) is 3.11. The highest BCUT2D eigenvalue weighted by molar-refractivity contribution is 7.90. The highest BCUT2D eigenvalue weighted by atomic mass is 32.2. The summed E-state index contributed by atoms with van der Waals surface area (Å²) in [5.41, 5.74) is 4.36. The van der Waals surface area contributed by atoms with E-state index in [-0.39, 0.29) is 22.8 Å². The van der Waals surface area contributed by atoms with Crippen LogP contribution in [0.5, 0.6) is 11.6 Å². The van der Waals surface area contributed by atoms with Crippen molar-refractivity contribution in [3.05, 3.63) is 41.1 Å². The van der Waals surface area contributed by atoms with Crippen LogP contribution >= 0.6 is 0 Å². The highest BCUT2D eigenvalue weighted by Gasteiger charge is 2.26. The summed E-state index contributed by atoms with van der Waals surface area (Å²) in [7, 11) is -3.73. The van der Waals surface area contributed by atoms with Crippen LogP contribution in [0.25, 0.3) is 0 Å². The van der Waals surface area contributed by atoms with E-state index in [4.69, 9.17) is 5.73 Å². The van der Waals surface area contributed by atoms with E-state index in [0.29, 0.717) is 0 Å². The molecule has 27 heavy (non-hydrogen) atoms. The quantitative estimate of drug-likeness (QED) is 0.569. The maximum absolute atomic E-state index is 13.4. The van der Waals surface area contributed by atoms with Crippen molar-refractivity contribution in [2.24, 2.45) is 5.73 Å². The van der Waals surface area contributed by atoms with Gasteiger partial charge in [-0.3, -0.25) is 4.79 Å². The van der Waals surface area contributed by atoms with Crippen molar-refractivity contribution in [2.45, 2.75) is 30.8 Å². The maximum Gasteiger partial charge on any atom is 0.274 e. The summed E-state index contributed by atoms with van der Waals surface area (Å²) in [6.45, 7) is 2.79. The summed E-state index contributed by atoms with van der Waals surface area (Å²) in [4.78, 5) is 19.6. The first kappa shape index (κ1) is 20.5. The van der Waals surface area contributed by atoms with Gasteiger partial charge in [0, 0.05) is 12.8 Å². The van der Waals surface area contributed by atoms with Crippen molar-refractivity contribution in [3.8, 4) is 11.6 Å². The Kier molecular flexibility index (Phi) is 5.38. The Balaban J connectivity index is 2.34. The van der Waals surface area contributed by atoms with E-state index in [1.54, 1.807) is 0 Å². The molecule has 146 valence electrons. The number of amides is 1. The van der Waals surface area contributed by atoms with Gasteiger partial charge in [-0.05, 0) is 31.5 Å². The van der Waals surface area contributed by atoms with Crippen LogP contribution in [0.3, 0.4) is 0 Å². The molecule has 2 rings (SSSR count). The molecule has 0 bridgehead atoms. The van der Waals surface area contributed by atoms with Gasteiger partial charge in [0.2, 0.25) is 5.75 Å². The average molecular weight is 398 g/mol. The smallest absolute Gasteiger partial charge is 0.274 e. The summed E-state index contributed by atoms with van der Waals surface area (Å²) in [6.07, 6.45) is 0.914. The molecule has 0 saturated heterocycles. The minimum Gasteiger partial charge on any atom is -0.501 e. The Hall–Kier alpha value is -2.79. The van der Waals surface area contributed by atoms with Gasteiger partial charge >= 0.3 is 0 Å². The average Bonchev–Trinajstić information content (AvgIpc) is 2.53. The van der Waals surface area contributed by atoms with Crippen molar-refractivity contribution in [1.29, 1.82) is 0 Å². The zero-order valence-corrected chi connectivity index (χ0v) is 15.6. The summed E-state index contributed by atoms with van der Waals surface area (Å²) in [5, 5.41) is 21.9. The fraction of sp³-hybridized carbons (Fsp3) is 0.312. The molecule has 11 heteroatoms. The molecule has 0 aliphatic carbocycles. The lowest BCUT2D eigenvalue weighted by Gasteiger charge is -2.18. The number of hydrogen-bond acceptors (Lipinski definition) is 8. The largest absolute Gasteiger partial charge is 0.501 e. The molecule has 0 fully saturated rings. The summed E-state index contributed by atoms with van der Waals surface area (Å²) < 4.78 is 36.9. The first-order valence-electron chi connectivity index (χ1n) is 7.66. The predicted molar refractivity (Wildman–Crippen MR) is 93.3 cm³/mol. The molecule has 0 spiro atoms. The standard InChI is InChI=1S/C16H19FN4O5S/c1-16(2,18)15-20-11(12(22)14(24)21-15)13(23)19-7-8-4-5-9(17)6-10(8)27(3,25)26/h4-6,22H,7,18H2,1-3H3,(H,19,23)(H,20,21,24). The molecule has 0 saturated carbocycles. The molecule has 0 aliphatic heterocycles. The Labute approximate surface area is 155 Å². The number of halogens is 1. The summed E-state index contributed by atoms with van der Waals surface area (Å²) in [6, 6.07) is 3.12. The molecule has 0 radical (unpaired) electrons. The number of nitrogens with zero attached hydrogens (tertiary/aromatic N) is 2. The minimum atomic E-state index is -3.73. The van der Waals surface area contributed by atoms with E-state index in [1.165, 1.54) is 19.9 Å². The van der Waals surface area contributed by atoms with Gasteiger partial charge in [0.05, 0.1) is 10.4 Å². The van der Waals surface area contributed by atoms with Gasteiger partial charge in [-0.15, -0.1) is 0 Å². The second-order valence-corrected chi connectivity index (χ2v) is 8.48. The lowest BCUT2D eigenvalue weighted by atomic mass is 10.1. The normalized spacial score (nSPS) is 12.0. The van der Waals surface area contributed by atoms with Crippen LogP contribution in [0.2, 0.25) is 0 Å². The second-order valence-electron chi connectivity index (χ2n) is 6.50. The van der Waals surface area contributed by atoms with Crippen molar-refractivity contribution in [3.63, 3.8) is 0 Å². The molecule has 2 aromatic rings. The van der Waals surface area contributed by atoms with Gasteiger partial charge in [-0.2, -0.15) is 4.98 Å². The third-order valence-electron chi connectivity index (χ3n) is 3.53. The maximum atomic E-state index is 13.4. The molecule has 1 aromatic carbocycles. The summed E-state index contributed by atoms with van der Waals surface area (Å²) in [5.74, 6) is -3.38. The van der Waals surface area contributed by atoms with E-state index in [2.05, 4.69) is 15.3 Å². The van der Waals surface area contributed by atoms with Crippen molar-refractivity contribution < 1.29 is 27.8 Å². The van der Waals surface area contributed by atoms with E-state index >= 15 is 0 Å². The second kappa shape index (κ2) is 7.08. The minimum absolute atomic E-state index is 0.0819. The Morgan fingerprint density at radius 3 is 2.48 bits per heavy atom. The molecular formula is C16H19FN4O5S. The predicted octanol–water partition coefficient (Wildman–Crippen LogP) is 0.554. The topological polar surface area (TPSA) is 156 Å². The van der Waals surface area contributed by atoms with E-state index in [9.17, 15) is 27.8 Å². The fourth-order valence-electron chi connectivity index (χ4n) is 2.17. The van der Waals surface area contributed by atoms with Gasteiger partial charge in [-0.25, -0.2) is 17.8 Å². The molecule has 0 aliphatic rings. The first-order chi connectivity index (χ1) is 12.3. The molecule has 5 N–H and O–H groups in total. The number of sulfone groups is 1. The van der Waals surface area contributed by atoms with E-state index in [1.807, 2.05) is 0 Å². The molecule has 0 unspecified atom stereocenters. The van der Waals surface area contributed by atoms with E-state index < -0.39 is 44.4 Å². The van der Waals surface area contributed by atoms with Gasteiger partial charge < -0.3 is 21.3 Å². The summed E-state index contributed by atoms with van der Waals surface area (Å²) >= 11 is 0. The Bertz CT molecular complexity index is 1000. The van der Waals surface area contributed by atoms with Gasteiger partial charge in [0.25, 0.3) is 11.8 Å². The third-order valence-corrected chi connectivity index (χ3v) is 4.70. The number of benzene rings is 1. The zero-order chi connectivity index (χ0) is 20.6. The molecule has 1 heterocycles. The number of aromatic nitrogens is 2. The van der Waals surface area contributed by atoms with Crippen molar-refractivity contribution >= 4 is 15.7 Å².